The van der Waals surface area contributed by atoms with Gasteiger partial charge in [0.05, 0.1) is 18.3 Å². The summed E-state index contributed by atoms with van der Waals surface area (Å²) in [5, 5.41) is 3.39. The number of nitrogens with zero attached hydrogens (tertiary/aromatic N) is 4. The summed E-state index contributed by atoms with van der Waals surface area (Å²) in [6.07, 6.45) is 3.70. The van der Waals surface area contributed by atoms with Gasteiger partial charge in [0, 0.05) is 38.4 Å². The Morgan fingerprint density at radius 2 is 2.11 bits per heavy atom. The molecule has 0 saturated carbocycles. The Labute approximate surface area is 113 Å². The van der Waals surface area contributed by atoms with E-state index < -0.39 is 0 Å². The average Bonchev–Trinajstić information content (AvgIpc) is 2.77. The lowest BCUT2D eigenvalue weighted by Gasteiger charge is -2.27. The zero-order valence-electron chi connectivity index (χ0n) is 11.6. The number of hydrogen-bond acceptors (Lipinski definition) is 4. The fourth-order valence-corrected chi connectivity index (χ4v) is 2.76. The van der Waals surface area contributed by atoms with Crippen molar-refractivity contribution in [3.8, 4) is 0 Å². The number of imidazole rings is 1. The Morgan fingerprint density at radius 1 is 1.32 bits per heavy atom. The van der Waals surface area contributed by atoms with Crippen LogP contribution >= 0.6 is 0 Å². The first-order valence-electron chi connectivity index (χ1n) is 6.99. The molecular weight excluding hydrogens is 238 g/mol. The SMILES string of the molecule is CC(C)n1c(CN2CCNCC2)nc2cnccc21. The van der Waals surface area contributed by atoms with E-state index >= 15 is 0 Å². The van der Waals surface area contributed by atoms with Crippen molar-refractivity contribution >= 4 is 11.0 Å². The molecule has 19 heavy (non-hydrogen) atoms. The molecule has 1 saturated heterocycles. The Hall–Kier alpha value is -1.46. The standard InChI is InChI=1S/C14H21N5/c1-11(2)19-13-3-4-16-9-12(13)17-14(19)10-18-7-5-15-6-8-18/h3-4,9,11,15H,5-8,10H2,1-2H3. The van der Waals surface area contributed by atoms with Gasteiger partial charge in [-0.1, -0.05) is 0 Å². The van der Waals surface area contributed by atoms with Crippen molar-refractivity contribution in [2.75, 3.05) is 26.2 Å². The normalized spacial score (nSPS) is 17.4. The van der Waals surface area contributed by atoms with Crippen LogP contribution in [0, 0.1) is 0 Å². The molecule has 3 heterocycles. The first-order chi connectivity index (χ1) is 9.25. The maximum absolute atomic E-state index is 4.77. The summed E-state index contributed by atoms with van der Waals surface area (Å²) in [5.74, 6) is 1.15. The van der Waals surface area contributed by atoms with Crippen LogP contribution < -0.4 is 5.32 Å². The van der Waals surface area contributed by atoms with Crippen molar-refractivity contribution in [2.24, 2.45) is 0 Å². The Bertz CT molecular complexity index is 554. The molecule has 0 aliphatic carbocycles. The van der Waals surface area contributed by atoms with Gasteiger partial charge >= 0.3 is 0 Å². The molecule has 5 nitrogen and oxygen atoms in total. The Kier molecular flexibility index (Phi) is 3.48. The summed E-state index contributed by atoms with van der Waals surface area (Å²) in [6.45, 7) is 9.69. The van der Waals surface area contributed by atoms with Crippen molar-refractivity contribution in [3.05, 3.63) is 24.3 Å². The molecule has 2 aromatic heterocycles. The lowest BCUT2D eigenvalue weighted by Crippen LogP contribution is -2.43. The molecule has 0 radical (unpaired) electrons. The predicted octanol–water partition coefficient (Wildman–Crippen LogP) is 1.42. The average molecular weight is 259 g/mol. The largest absolute Gasteiger partial charge is 0.324 e. The minimum Gasteiger partial charge on any atom is -0.324 e. The molecule has 102 valence electrons. The van der Waals surface area contributed by atoms with Crippen LogP contribution in [0.4, 0.5) is 0 Å². The molecule has 1 fully saturated rings. The van der Waals surface area contributed by atoms with Gasteiger partial charge in [-0.05, 0) is 19.9 Å². The summed E-state index contributed by atoms with van der Waals surface area (Å²) in [4.78, 5) is 11.4. The summed E-state index contributed by atoms with van der Waals surface area (Å²) in [5.41, 5.74) is 2.19. The lowest BCUT2D eigenvalue weighted by atomic mass is 10.3. The molecule has 1 N–H and O–H groups in total. The van der Waals surface area contributed by atoms with Crippen molar-refractivity contribution in [2.45, 2.75) is 26.4 Å². The second-order valence-corrected chi connectivity index (χ2v) is 5.38. The van der Waals surface area contributed by atoms with Crippen LogP contribution in [0.1, 0.15) is 25.7 Å². The van der Waals surface area contributed by atoms with Crippen LogP contribution in [0.15, 0.2) is 18.5 Å². The minimum absolute atomic E-state index is 0.422. The van der Waals surface area contributed by atoms with Crippen LogP contribution in [0.5, 0.6) is 0 Å². The Morgan fingerprint density at radius 3 is 2.84 bits per heavy atom. The number of fused-ring (bicyclic) bond motifs is 1. The predicted molar refractivity (Wildman–Crippen MR) is 76.1 cm³/mol. The first-order valence-corrected chi connectivity index (χ1v) is 6.99. The monoisotopic (exact) mass is 259 g/mol. The molecule has 0 amide bonds. The maximum Gasteiger partial charge on any atom is 0.124 e. The molecule has 0 bridgehead atoms. The zero-order valence-corrected chi connectivity index (χ0v) is 11.6. The van der Waals surface area contributed by atoms with E-state index in [4.69, 9.17) is 4.98 Å². The smallest absolute Gasteiger partial charge is 0.124 e. The number of aromatic nitrogens is 3. The number of piperazine rings is 1. The molecule has 3 rings (SSSR count). The fraction of sp³-hybridized carbons (Fsp3) is 0.571. The topological polar surface area (TPSA) is 46.0 Å². The summed E-state index contributed by atoms with van der Waals surface area (Å²) >= 11 is 0. The number of nitrogens with one attached hydrogen (secondary N) is 1. The van der Waals surface area contributed by atoms with Crippen LogP contribution in [0.3, 0.4) is 0 Å². The van der Waals surface area contributed by atoms with Gasteiger partial charge in [0.25, 0.3) is 0 Å². The van der Waals surface area contributed by atoms with E-state index in [1.165, 1.54) is 5.52 Å². The van der Waals surface area contributed by atoms with E-state index in [0.717, 1.165) is 44.1 Å². The molecule has 0 aromatic carbocycles. The van der Waals surface area contributed by atoms with Gasteiger partial charge < -0.3 is 9.88 Å². The van der Waals surface area contributed by atoms with E-state index in [9.17, 15) is 0 Å². The third-order valence-electron chi connectivity index (χ3n) is 3.66. The van der Waals surface area contributed by atoms with E-state index in [1.807, 2.05) is 12.4 Å². The highest BCUT2D eigenvalue weighted by Crippen LogP contribution is 2.21. The van der Waals surface area contributed by atoms with Gasteiger partial charge in [-0.15, -0.1) is 0 Å². The third-order valence-corrected chi connectivity index (χ3v) is 3.66. The van der Waals surface area contributed by atoms with Gasteiger partial charge in [0.15, 0.2) is 0 Å². The maximum atomic E-state index is 4.77. The van der Waals surface area contributed by atoms with Crippen molar-refractivity contribution in [1.82, 2.24) is 24.8 Å². The molecule has 0 unspecified atom stereocenters. The van der Waals surface area contributed by atoms with Gasteiger partial charge in [0.2, 0.25) is 0 Å². The highest BCUT2D eigenvalue weighted by Gasteiger charge is 2.17. The van der Waals surface area contributed by atoms with E-state index in [2.05, 4.69) is 39.7 Å². The van der Waals surface area contributed by atoms with Crippen LogP contribution in [-0.2, 0) is 6.54 Å². The number of hydrogen-bond donors (Lipinski definition) is 1. The molecule has 1 aliphatic rings. The fourth-order valence-electron chi connectivity index (χ4n) is 2.76. The lowest BCUT2D eigenvalue weighted by molar-refractivity contribution is 0.224. The van der Waals surface area contributed by atoms with Crippen molar-refractivity contribution in [3.63, 3.8) is 0 Å². The number of rotatable bonds is 3. The van der Waals surface area contributed by atoms with E-state index in [-0.39, 0.29) is 0 Å². The highest BCUT2D eigenvalue weighted by atomic mass is 15.2. The molecular formula is C14H21N5. The van der Waals surface area contributed by atoms with E-state index in [0.29, 0.717) is 6.04 Å². The third kappa shape index (κ3) is 2.48. The minimum atomic E-state index is 0.422. The van der Waals surface area contributed by atoms with Crippen LogP contribution in [-0.4, -0.2) is 45.6 Å². The highest BCUT2D eigenvalue weighted by molar-refractivity contribution is 5.74. The summed E-state index contributed by atoms with van der Waals surface area (Å²) < 4.78 is 2.33. The first kappa shape index (κ1) is 12.6. The molecule has 0 atom stereocenters. The second-order valence-electron chi connectivity index (χ2n) is 5.38. The zero-order chi connectivity index (χ0) is 13.2. The summed E-state index contributed by atoms with van der Waals surface area (Å²) in [7, 11) is 0. The molecule has 0 spiro atoms. The van der Waals surface area contributed by atoms with Gasteiger partial charge in [-0.2, -0.15) is 0 Å². The Balaban J connectivity index is 1.95. The molecule has 1 aliphatic heterocycles. The quantitative estimate of drug-likeness (QED) is 0.905. The van der Waals surface area contributed by atoms with Gasteiger partial charge in [-0.25, -0.2) is 4.98 Å². The van der Waals surface area contributed by atoms with Crippen LogP contribution in [0.25, 0.3) is 11.0 Å². The van der Waals surface area contributed by atoms with Gasteiger partial charge in [-0.3, -0.25) is 9.88 Å². The second kappa shape index (κ2) is 5.27. The molecule has 5 heteroatoms. The van der Waals surface area contributed by atoms with Crippen LogP contribution in [0.2, 0.25) is 0 Å². The molecule has 2 aromatic rings. The van der Waals surface area contributed by atoms with Gasteiger partial charge in [0.1, 0.15) is 11.3 Å². The van der Waals surface area contributed by atoms with Crippen molar-refractivity contribution < 1.29 is 0 Å². The summed E-state index contributed by atoms with van der Waals surface area (Å²) in [6, 6.07) is 2.48. The van der Waals surface area contributed by atoms with Crippen molar-refractivity contribution in [1.29, 1.82) is 0 Å². The number of pyridine rings is 1. The van der Waals surface area contributed by atoms with E-state index in [1.54, 1.807) is 0 Å².